The van der Waals surface area contributed by atoms with Crippen molar-refractivity contribution < 1.29 is 18.7 Å². The van der Waals surface area contributed by atoms with Crippen molar-refractivity contribution in [3.63, 3.8) is 0 Å². The first-order chi connectivity index (χ1) is 6.56. The number of carbonyl (C=O) groups is 2. The van der Waals surface area contributed by atoms with Gasteiger partial charge in [0, 0.05) is 0 Å². The zero-order valence-electron chi connectivity index (χ0n) is 7.83. The van der Waals surface area contributed by atoms with Gasteiger partial charge in [-0.15, -0.1) is 0 Å². The number of rotatable bonds is 2. The van der Waals surface area contributed by atoms with Crippen LogP contribution in [0.2, 0.25) is 0 Å². The third-order valence-electron chi connectivity index (χ3n) is 1.74. The molecule has 0 aliphatic heterocycles. The predicted octanol–water partition coefficient (Wildman–Crippen LogP) is 1.49. The van der Waals surface area contributed by atoms with Gasteiger partial charge in [0.05, 0.1) is 12.7 Å². The summed E-state index contributed by atoms with van der Waals surface area (Å²) in [4.78, 5) is 22.1. The number of methoxy groups -OCH3 is 1. The molecule has 0 unspecified atom stereocenters. The molecule has 0 atom stereocenters. The Morgan fingerprint density at radius 2 is 2.00 bits per heavy atom. The van der Waals surface area contributed by atoms with Gasteiger partial charge in [-0.1, -0.05) is 11.6 Å². The molecule has 0 spiro atoms. The molecule has 1 rings (SSSR count). The van der Waals surface area contributed by atoms with Crippen molar-refractivity contribution in [2.75, 3.05) is 7.11 Å². The fourth-order valence-electron chi connectivity index (χ4n) is 1.02. The first-order valence-electron chi connectivity index (χ1n) is 3.95. The Labute approximate surface area is 80.5 Å². The van der Waals surface area contributed by atoms with Crippen LogP contribution in [0.15, 0.2) is 18.2 Å². The highest BCUT2D eigenvalue weighted by Crippen LogP contribution is 2.11. The number of halogens is 1. The highest BCUT2D eigenvalue weighted by atomic mass is 19.1. The number of esters is 1. The molecule has 3 nitrogen and oxygen atoms in total. The van der Waals surface area contributed by atoms with Crippen LogP contribution in [0.25, 0.3) is 0 Å². The molecule has 0 aliphatic carbocycles. The molecular formula is C10H9FO3. The molecular weight excluding hydrogens is 187 g/mol. The summed E-state index contributed by atoms with van der Waals surface area (Å²) in [5, 5.41) is 0. The standard InChI is InChI=1S/C10H9FO3/c1-6-3-4-8(11)7(5-6)9(12)10(13)14-2/h3-5H,1-2H3. The van der Waals surface area contributed by atoms with Crippen LogP contribution in [0, 0.1) is 12.7 Å². The number of ether oxygens (including phenoxy) is 1. The maximum absolute atomic E-state index is 13.1. The Morgan fingerprint density at radius 1 is 1.36 bits per heavy atom. The van der Waals surface area contributed by atoms with Gasteiger partial charge in [-0.05, 0) is 19.1 Å². The van der Waals surface area contributed by atoms with Crippen molar-refractivity contribution >= 4 is 11.8 Å². The van der Waals surface area contributed by atoms with Crippen LogP contribution in [0.3, 0.4) is 0 Å². The third kappa shape index (κ3) is 1.96. The van der Waals surface area contributed by atoms with Gasteiger partial charge >= 0.3 is 5.97 Å². The average Bonchev–Trinajstić information content (AvgIpc) is 2.19. The molecule has 0 radical (unpaired) electrons. The molecule has 0 aromatic heterocycles. The maximum atomic E-state index is 13.1. The third-order valence-corrected chi connectivity index (χ3v) is 1.74. The number of carbonyl (C=O) groups excluding carboxylic acids is 2. The van der Waals surface area contributed by atoms with Crippen LogP contribution in [0.1, 0.15) is 15.9 Å². The minimum Gasteiger partial charge on any atom is -0.463 e. The second-order valence-corrected chi connectivity index (χ2v) is 2.80. The maximum Gasteiger partial charge on any atom is 0.379 e. The number of aryl methyl sites for hydroxylation is 1. The van der Waals surface area contributed by atoms with E-state index in [-0.39, 0.29) is 5.56 Å². The fourth-order valence-corrected chi connectivity index (χ4v) is 1.02. The molecule has 0 saturated carbocycles. The summed E-state index contributed by atoms with van der Waals surface area (Å²) in [6.45, 7) is 1.70. The van der Waals surface area contributed by atoms with E-state index < -0.39 is 17.6 Å². The molecule has 4 heteroatoms. The SMILES string of the molecule is COC(=O)C(=O)c1cc(C)ccc1F. The molecule has 0 heterocycles. The zero-order chi connectivity index (χ0) is 10.7. The number of hydrogen-bond donors (Lipinski definition) is 0. The second-order valence-electron chi connectivity index (χ2n) is 2.80. The van der Waals surface area contributed by atoms with E-state index in [4.69, 9.17) is 0 Å². The monoisotopic (exact) mass is 196 g/mol. The van der Waals surface area contributed by atoms with Crippen molar-refractivity contribution in [1.29, 1.82) is 0 Å². The Kier molecular flexibility index (Phi) is 2.96. The Hall–Kier alpha value is -1.71. The second kappa shape index (κ2) is 4.00. The smallest absolute Gasteiger partial charge is 0.379 e. The molecule has 0 amide bonds. The molecule has 0 bridgehead atoms. The highest BCUT2D eigenvalue weighted by Gasteiger charge is 2.20. The van der Waals surface area contributed by atoms with Gasteiger partial charge in [0.25, 0.3) is 5.78 Å². The van der Waals surface area contributed by atoms with E-state index in [1.807, 2.05) is 0 Å². The van der Waals surface area contributed by atoms with E-state index in [2.05, 4.69) is 4.74 Å². The van der Waals surface area contributed by atoms with E-state index in [9.17, 15) is 14.0 Å². The molecule has 14 heavy (non-hydrogen) atoms. The van der Waals surface area contributed by atoms with Gasteiger partial charge < -0.3 is 4.74 Å². The number of ketones is 1. The predicted molar refractivity (Wildman–Crippen MR) is 47.5 cm³/mol. The van der Waals surface area contributed by atoms with Gasteiger partial charge in [0.15, 0.2) is 0 Å². The highest BCUT2D eigenvalue weighted by molar-refractivity contribution is 6.40. The van der Waals surface area contributed by atoms with Crippen molar-refractivity contribution in [2.24, 2.45) is 0 Å². The van der Waals surface area contributed by atoms with Crippen molar-refractivity contribution in [3.05, 3.63) is 35.1 Å². The summed E-state index contributed by atoms with van der Waals surface area (Å²) >= 11 is 0. The van der Waals surface area contributed by atoms with E-state index in [1.54, 1.807) is 6.92 Å². The van der Waals surface area contributed by atoms with Crippen LogP contribution in [-0.2, 0) is 9.53 Å². The molecule has 0 aliphatic rings. The van der Waals surface area contributed by atoms with Gasteiger partial charge in [-0.25, -0.2) is 9.18 Å². The molecule has 0 saturated heterocycles. The normalized spacial score (nSPS) is 9.64. The zero-order valence-corrected chi connectivity index (χ0v) is 7.83. The van der Waals surface area contributed by atoms with E-state index >= 15 is 0 Å². The van der Waals surface area contributed by atoms with Gasteiger partial charge in [-0.2, -0.15) is 0 Å². The lowest BCUT2D eigenvalue weighted by atomic mass is 10.1. The summed E-state index contributed by atoms with van der Waals surface area (Å²) in [7, 11) is 1.08. The number of benzene rings is 1. The van der Waals surface area contributed by atoms with Crippen molar-refractivity contribution in [2.45, 2.75) is 6.92 Å². The van der Waals surface area contributed by atoms with Crippen molar-refractivity contribution in [1.82, 2.24) is 0 Å². The quantitative estimate of drug-likeness (QED) is 0.409. The molecule has 0 N–H and O–H groups in total. The lowest BCUT2D eigenvalue weighted by Gasteiger charge is -2.01. The molecule has 1 aromatic carbocycles. The number of hydrogen-bond acceptors (Lipinski definition) is 3. The summed E-state index contributed by atoms with van der Waals surface area (Å²) < 4.78 is 17.3. The fraction of sp³-hybridized carbons (Fsp3) is 0.200. The average molecular weight is 196 g/mol. The van der Waals surface area contributed by atoms with E-state index in [1.165, 1.54) is 12.1 Å². The van der Waals surface area contributed by atoms with E-state index in [0.717, 1.165) is 13.2 Å². The van der Waals surface area contributed by atoms with Gasteiger partial charge in [0.2, 0.25) is 0 Å². The number of Topliss-reactive ketones (excluding diaryl/α,β-unsaturated/α-hetero) is 1. The summed E-state index contributed by atoms with van der Waals surface area (Å²) in [6.07, 6.45) is 0. The van der Waals surface area contributed by atoms with Crippen LogP contribution in [0.4, 0.5) is 4.39 Å². The topological polar surface area (TPSA) is 43.4 Å². The lowest BCUT2D eigenvalue weighted by molar-refractivity contribution is -0.135. The van der Waals surface area contributed by atoms with Crippen LogP contribution >= 0.6 is 0 Å². The van der Waals surface area contributed by atoms with Crippen LogP contribution < -0.4 is 0 Å². The van der Waals surface area contributed by atoms with Gasteiger partial charge in [0.1, 0.15) is 5.82 Å². The first-order valence-corrected chi connectivity index (χ1v) is 3.95. The lowest BCUT2D eigenvalue weighted by Crippen LogP contribution is -2.17. The minimum absolute atomic E-state index is 0.253. The molecule has 74 valence electrons. The summed E-state index contributed by atoms with van der Waals surface area (Å²) in [6, 6.07) is 3.98. The van der Waals surface area contributed by atoms with E-state index in [0.29, 0.717) is 5.56 Å². The Bertz CT molecular complexity index is 385. The largest absolute Gasteiger partial charge is 0.463 e. The minimum atomic E-state index is -1.06. The first kappa shape index (κ1) is 10.4. The van der Waals surface area contributed by atoms with Crippen molar-refractivity contribution in [3.8, 4) is 0 Å². The van der Waals surface area contributed by atoms with Crippen LogP contribution in [0.5, 0.6) is 0 Å². The Balaban J connectivity index is 3.12. The Morgan fingerprint density at radius 3 is 2.57 bits per heavy atom. The summed E-state index contributed by atoms with van der Waals surface area (Å²) in [5.74, 6) is -2.74. The van der Waals surface area contributed by atoms with Crippen LogP contribution in [-0.4, -0.2) is 18.9 Å². The molecule has 1 aromatic rings. The molecule has 0 fully saturated rings. The summed E-state index contributed by atoms with van der Waals surface area (Å²) in [5.41, 5.74) is 0.454. The van der Waals surface area contributed by atoms with Gasteiger partial charge in [-0.3, -0.25) is 4.79 Å².